The van der Waals surface area contributed by atoms with Crippen molar-refractivity contribution in [2.75, 3.05) is 24.4 Å². The van der Waals surface area contributed by atoms with Crippen LogP contribution in [0.3, 0.4) is 0 Å². The number of fused-ring (bicyclic) bond motifs is 1. The normalized spacial score (nSPS) is 15.0. The molecule has 31 heavy (non-hydrogen) atoms. The molecule has 4 rings (SSSR count). The van der Waals surface area contributed by atoms with E-state index in [9.17, 15) is 9.59 Å². The molecule has 1 atom stereocenters. The Morgan fingerprint density at radius 3 is 2.90 bits per heavy atom. The van der Waals surface area contributed by atoms with Gasteiger partial charge in [-0.2, -0.15) is 10.1 Å². The van der Waals surface area contributed by atoms with Gasteiger partial charge in [-0.25, -0.2) is 4.68 Å². The Kier molecular flexibility index (Phi) is 5.83. The van der Waals surface area contributed by atoms with Crippen LogP contribution in [0.15, 0.2) is 48.8 Å². The number of anilines is 2. The maximum Gasteiger partial charge on any atom is 0.262 e. The van der Waals surface area contributed by atoms with E-state index in [1.54, 1.807) is 16.8 Å². The number of methoxy groups -OCH3 is 1. The summed E-state index contributed by atoms with van der Waals surface area (Å²) in [5, 5.41) is 9.77. The first kappa shape index (κ1) is 20.4. The summed E-state index contributed by atoms with van der Waals surface area (Å²) in [6.07, 6.45) is 2.45. The molecule has 1 aliphatic heterocycles. The smallest absolute Gasteiger partial charge is 0.262 e. The highest BCUT2D eigenvalue weighted by atomic mass is 16.5. The van der Waals surface area contributed by atoms with Crippen LogP contribution >= 0.6 is 0 Å². The first-order chi connectivity index (χ1) is 15.1. The number of carbonyl (C=O) groups is 2. The molecule has 0 bridgehead atoms. The van der Waals surface area contributed by atoms with Crippen molar-refractivity contribution >= 4 is 23.5 Å². The molecule has 0 unspecified atom stereocenters. The SMILES string of the molecule is CCc1ccccc1NC(=O)COc1ccc([C@@H]2CC(=O)Nc3ncnn32)cc1OC. The lowest BCUT2D eigenvalue weighted by Gasteiger charge is -2.24. The van der Waals surface area contributed by atoms with Crippen molar-refractivity contribution in [1.82, 2.24) is 14.8 Å². The molecule has 9 nitrogen and oxygen atoms in total. The van der Waals surface area contributed by atoms with Gasteiger partial charge in [-0.05, 0) is 35.7 Å². The van der Waals surface area contributed by atoms with E-state index in [0.717, 1.165) is 23.2 Å². The van der Waals surface area contributed by atoms with E-state index in [1.165, 1.54) is 13.4 Å². The predicted octanol–water partition coefficient (Wildman–Crippen LogP) is 2.80. The van der Waals surface area contributed by atoms with Gasteiger partial charge in [-0.3, -0.25) is 14.9 Å². The van der Waals surface area contributed by atoms with Gasteiger partial charge in [0.05, 0.1) is 19.6 Å². The van der Waals surface area contributed by atoms with Crippen LogP contribution in [0.1, 0.15) is 30.5 Å². The van der Waals surface area contributed by atoms with E-state index in [1.807, 2.05) is 37.3 Å². The van der Waals surface area contributed by atoms with Crippen molar-refractivity contribution in [1.29, 1.82) is 0 Å². The standard InChI is InChI=1S/C22H23N5O4/c1-3-14-6-4-5-7-16(14)25-21(29)12-31-18-9-8-15(10-19(18)30-2)17-11-20(28)26-22-23-13-24-27(17)22/h4-10,13,17H,3,11-12H2,1-2H3,(H,25,29)(H,23,24,26,28)/t17-/m0/s1. The molecule has 0 spiro atoms. The van der Waals surface area contributed by atoms with Crippen LogP contribution in [0, 0.1) is 0 Å². The summed E-state index contributed by atoms with van der Waals surface area (Å²) in [6, 6.07) is 12.7. The number of ether oxygens (including phenoxy) is 2. The molecule has 1 aromatic heterocycles. The molecule has 0 aliphatic carbocycles. The third-order valence-electron chi connectivity index (χ3n) is 5.10. The predicted molar refractivity (Wildman–Crippen MR) is 114 cm³/mol. The zero-order valence-electron chi connectivity index (χ0n) is 17.3. The summed E-state index contributed by atoms with van der Waals surface area (Å²) in [4.78, 5) is 28.4. The molecule has 0 fully saturated rings. The van der Waals surface area contributed by atoms with Crippen LogP contribution in [-0.2, 0) is 16.0 Å². The number of carbonyl (C=O) groups excluding carboxylic acids is 2. The Morgan fingerprint density at radius 2 is 2.10 bits per heavy atom. The first-order valence-electron chi connectivity index (χ1n) is 9.97. The molecular weight excluding hydrogens is 398 g/mol. The van der Waals surface area contributed by atoms with Crippen LogP contribution in [0.4, 0.5) is 11.6 Å². The zero-order chi connectivity index (χ0) is 21.8. The highest BCUT2D eigenvalue weighted by molar-refractivity contribution is 5.92. The first-order valence-corrected chi connectivity index (χ1v) is 9.97. The number of nitrogens with zero attached hydrogens (tertiary/aromatic N) is 3. The molecule has 2 N–H and O–H groups in total. The Hall–Kier alpha value is -3.88. The Morgan fingerprint density at radius 1 is 1.26 bits per heavy atom. The van der Waals surface area contributed by atoms with E-state index in [0.29, 0.717) is 17.4 Å². The number of aryl methyl sites for hydroxylation is 1. The number of rotatable bonds is 7. The van der Waals surface area contributed by atoms with Crippen LogP contribution in [0.5, 0.6) is 11.5 Å². The maximum absolute atomic E-state index is 12.4. The van der Waals surface area contributed by atoms with Crippen LogP contribution in [0.25, 0.3) is 0 Å². The average molecular weight is 421 g/mol. The Labute approximate surface area is 179 Å². The van der Waals surface area contributed by atoms with Gasteiger partial charge in [0.15, 0.2) is 18.1 Å². The number of hydrogen-bond donors (Lipinski definition) is 2. The van der Waals surface area contributed by atoms with Gasteiger partial charge in [0.25, 0.3) is 5.91 Å². The van der Waals surface area contributed by atoms with E-state index >= 15 is 0 Å². The molecule has 0 saturated heterocycles. The van der Waals surface area contributed by atoms with Gasteiger partial charge >= 0.3 is 0 Å². The van der Waals surface area contributed by atoms with Gasteiger partial charge in [-0.15, -0.1) is 0 Å². The van der Waals surface area contributed by atoms with E-state index < -0.39 is 0 Å². The quantitative estimate of drug-likeness (QED) is 0.607. The second-order valence-corrected chi connectivity index (χ2v) is 7.05. The average Bonchev–Trinajstić information content (AvgIpc) is 3.25. The third-order valence-corrected chi connectivity index (χ3v) is 5.10. The summed E-state index contributed by atoms with van der Waals surface area (Å²) >= 11 is 0. The van der Waals surface area contributed by atoms with Crippen molar-refractivity contribution in [3.63, 3.8) is 0 Å². The van der Waals surface area contributed by atoms with Gasteiger partial charge in [0, 0.05) is 5.69 Å². The molecule has 1 aliphatic rings. The summed E-state index contributed by atoms with van der Waals surface area (Å²) in [5.41, 5.74) is 2.66. The molecule has 2 aromatic carbocycles. The molecule has 9 heteroatoms. The lowest BCUT2D eigenvalue weighted by molar-refractivity contribution is -0.118. The molecule has 2 heterocycles. The molecule has 3 aromatic rings. The van der Waals surface area contributed by atoms with E-state index in [2.05, 4.69) is 20.7 Å². The van der Waals surface area contributed by atoms with E-state index in [-0.39, 0.29) is 30.9 Å². The highest BCUT2D eigenvalue weighted by Crippen LogP contribution is 2.35. The molecule has 160 valence electrons. The van der Waals surface area contributed by atoms with E-state index in [4.69, 9.17) is 9.47 Å². The summed E-state index contributed by atoms with van der Waals surface area (Å²) in [7, 11) is 1.53. The lowest BCUT2D eigenvalue weighted by atomic mass is 10.0. The fourth-order valence-electron chi connectivity index (χ4n) is 3.56. The lowest BCUT2D eigenvalue weighted by Crippen LogP contribution is -2.29. The number of para-hydroxylation sites is 1. The van der Waals surface area contributed by atoms with Gasteiger partial charge in [-0.1, -0.05) is 31.2 Å². The zero-order valence-corrected chi connectivity index (χ0v) is 17.3. The fraction of sp³-hybridized carbons (Fsp3) is 0.273. The summed E-state index contributed by atoms with van der Waals surface area (Å²) in [6.45, 7) is 1.87. The van der Waals surface area contributed by atoms with Crippen molar-refractivity contribution in [3.05, 3.63) is 59.9 Å². The minimum Gasteiger partial charge on any atom is -0.493 e. The fourth-order valence-corrected chi connectivity index (χ4v) is 3.56. The Bertz CT molecular complexity index is 1110. The minimum atomic E-state index is -0.303. The highest BCUT2D eigenvalue weighted by Gasteiger charge is 2.28. The monoisotopic (exact) mass is 421 g/mol. The number of nitrogens with one attached hydrogen (secondary N) is 2. The Balaban J connectivity index is 1.47. The second-order valence-electron chi connectivity index (χ2n) is 7.05. The van der Waals surface area contributed by atoms with Crippen molar-refractivity contribution in [2.45, 2.75) is 25.8 Å². The van der Waals surface area contributed by atoms with Gasteiger partial charge < -0.3 is 14.8 Å². The number of hydrogen-bond acceptors (Lipinski definition) is 6. The van der Waals surface area contributed by atoms with Gasteiger partial charge in [0.2, 0.25) is 11.9 Å². The molecule has 0 radical (unpaired) electrons. The van der Waals surface area contributed by atoms with Crippen LogP contribution in [0.2, 0.25) is 0 Å². The number of amides is 2. The topological polar surface area (TPSA) is 107 Å². The second kappa shape index (κ2) is 8.86. The molecule has 2 amide bonds. The summed E-state index contributed by atoms with van der Waals surface area (Å²) < 4.78 is 12.8. The molecular formula is C22H23N5O4. The van der Waals surface area contributed by atoms with Gasteiger partial charge in [0.1, 0.15) is 6.33 Å². The molecule has 0 saturated carbocycles. The van der Waals surface area contributed by atoms with Crippen LogP contribution < -0.4 is 20.1 Å². The third kappa shape index (κ3) is 4.35. The minimum absolute atomic E-state index is 0.131. The largest absolute Gasteiger partial charge is 0.493 e. The van der Waals surface area contributed by atoms with Crippen molar-refractivity contribution in [2.24, 2.45) is 0 Å². The number of benzene rings is 2. The van der Waals surface area contributed by atoms with Crippen LogP contribution in [-0.4, -0.2) is 40.3 Å². The number of aromatic nitrogens is 3. The van der Waals surface area contributed by atoms with Crippen molar-refractivity contribution in [3.8, 4) is 11.5 Å². The van der Waals surface area contributed by atoms with Crippen molar-refractivity contribution < 1.29 is 19.1 Å². The summed E-state index contributed by atoms with van der Waals surface area (Å²) in [5.74, 6) is 0.915. The maximum atomic E-state index is 12.4.